The number of hydrogen-bond donors (Lipinski definition) is 1. The third-order valence-electron chi connectivity index (χ3n) is 5.57. The van der Waals surface area contributed by atoms with Gasteiger partial charge in [0.15, 0.2) is 4.96 Å². The number of amides is 2. The molecule has 0 spiro atoms. The molecule has 6 nitrogen and oxygen atoms in total. The Bertz CT molecular complexity index is 1290. The Balaban J connectivity index is 1.36. The number of likely N-dealkylation sites (tertiary alicyclic amines) is 1. The fourth-order valence-corrected chi connectivity index (χ4v) is 5.01. The molecule has 32 heavy (non-hydrogen) atoms. The van der Waals surface area contributed by atoms with Crippen molar-refractivity contribution in [2.45, 2.75) is 19.3 Å². The quantitative estimate of drug-likeness (QED) is 0.445. The highest BCUT2D eigenvalue weighted by Gasteiger charge is 2.23. The van der Waals surface area contributed by atoms with E-state index in [1.54, 1.807) is 18.2 Å². The maximum absolute atomic E-state index is 12.9. The van der Waals surface area contributed by atoms with E-state index >= 15 is 0 Å². The molecule has 2 aromatic carbocycles. The Hall–Kier alpha value is -3.16. The summed E-state index contributed by atoms with van der Waals surface area (Å²) in [5.74, 6) is -0.285. The molecule has 1 aliphatic heterocycles. The molecule has 0 bridgehead atoms. The van der Waals surface area contributed by atoms with Crippen molar-refractivity contribution in [2.24, 2.45) is 0 Å². The first-order valence-corrected chi connectivity index (χ1v) is 11.7. The Morgan fingerprint density at radius 1 is 1.09 bits per heavy atom. The normalized spacial score (nSPS) is 13.6. The van der Waals surface area contributed by atoms with Crippen LogP contribution >= 0.6 is 22.9 Å². The molecule has 1 aliphatic rings. The second-order valence-electron chi connectivity index (χ2n) is 7.79. The monoisotopic (exact) mass is 464 g/mol. The Morgan fingerprint density at radius 3 is 2.66 bits per heavy atom. The third-order valence-corrected chi connectivity index (χ3v) is 6.70. The van der Waals surface area contributed by atoms with Gasteiger partial charge in [-0.05, 0) is 31.0 Å². The van der Waals surface area contributed by atoms with Crippen LogP contribution in [0.2, 0.25) is 5.02 Å². The van der Waals surface area contributed by atoms with Crippen molar-refractivity contribution >= 4 is 45.4 Å². The molecule has 2 amide bonds. The molecule has 1 N–H and O–H groups in total. The van der Waals surface area contributed by atoms with Gasteiger partial charge in [-0.1, -0.05) is 41.9 Å². The van der Waals surface area contributed by atoms with Gasteiger partial charge in [-0.2, -0.15) is 0 Å². The maximum Gasteiger partial charge on any atom is 0.255 e. The SMILES string of the molecule is O=C(Cc1csc2nc(-c3ccccc3)cn12)Nc1cc(Cl)ccc1C(=O)N1CCCC1. The molecule has 2 aromatic heterocycles. The number of carbonyl (C=O) groups is 2. The van der Waals surface area contributed by atoms with Gasteiger partial charge in [0, 0.05) is 40.9 Å². The topological polar surface area (TPSA) is 66.7 Å². The number of fused-ring (bicyclic) bond motifs is 1. The molecule has 0 atom stereocenters. The zero-order valence-electron chi connectivity index (χ0n) is 17.3. The highest BCUT2D eigenvalue weighted by molar-refractivity contribution is 7.15. The first kappa shape index (κ1) is 20.7. The van der Waals surface area contributed by atoms with Gasteiger partial charge in [0.25, 0.3) is 5.91 Å². The van der Waals surface area contributed by atoms with Crippen molar-refractivity contribution < 1.29 is 9.59 Å². The number of nitrogens with one attached hydrogen (secondary N) is 1. The van der Waals surface area contributed by atoms with Crippen LogP contribution < -0.4 is 5.32 Å². The van der Waals surface area contributed by atoms with E-state index in [9.17, 15) is 9.59 Å². The van der Waals surface area contributed by atoms with Crippen LogP contribution in [-0.2, 0) is 11.2 Å². The van der Waals surface area contributed by atoms with Crippen molar-refractivity contribution in [2.75, 3.05) is 18.4 Å². The lowest BCUT2D eigenvalue weighted by molar-refractivity contribution is -0.115. The van der Waals surface area contributed by atoms with Gasteiger partial charge < -0.3 is 10.2 Å². The third kappa shape index (κ3) is 4.13. The summed E-state index contributed by atoms with van der Waals surface area (Å²) < 4.78 is 1.95. The lowest BCUT2D eigenvalue weighted by Gasteiger charge is -2.18. The number of nitrogens with zero attached hydrogens (tertiary/aromatic N) is 3. The van der Waals surface area contributed by atoms with Crippen LogP contribution in [-0.4, -0.2) is 39.2 Å². The van der Waals surface area contributed by atoms with Gasteiger partial charge in [0.1, 0.15) is 0 Å². The number of thiazole rings is 1. The van der Waals surface area contributed by atoms with Crippen molar-refractivity contribution in [1.82, 2.24) is 14.3 Å². The second-order valence-corrected chi connectivity index (χ2v) is 9.06. The molecular formula is C24H21ClN4O2S. The molecule has 4 aromatic rings. The number of anilines is 1. The number of imidazole rings is 1. The lowest BCUT2D eigenvalue weighted by Crippen LogP contribution is -2.29. The fraction of sp³-hybridized carbons (Fsp3) is 0.208. The molecule has 1 saturated heterocycles. The van der Waals surface area contributed by atoms with Crippen molar-refractivity contribution in [1.29, 1.82) is 0 Å². The van der Waals surface area contributed by atoms with E-state index in [4.69, 9.17) is 11.6 Å². The average Bonchev–Trinajstić information content (AvgIpc) is 3.53. The summed E-state index contributed by atoms with van der Waals surface area (Å²) in [6.45, 7) is 1.48. The summed E-state index contributed by atoms with van der Waals surface area (Å²) in [5.41, 5.74) is 3.65. The predicted octanol–water partition coefficient (Wildman–Crippen LogP) is 5.13. The van der Waals surface area contributed by atoms with Crippen LogP contribution in [0, 0.1) is 0 Å². The summed E-state index contributed by atoms with van der Waals surface area (Å²) in [6, 6.07) is 14.9. The van der Waals surface area contributed by atoms with E-state index in [0.717, 1.165) is 47.8 Å². The summed E-state index contributed by atoms with van der Waals surface area (Å²) in [6.07, 6.45) is 4.12. The van der Waals surface area contributed by atoms with E-state index in [2.05, 4.69) is 10.3 Å². The zero-order valence-corrected chi connectivity index (χ0v) is 18.8. The minimum Gasteiger partial charge on any atom is -0.339 e. The van der Waals surface area contributed by atoms with Crippen LogP contribution in [0.3, 0.4) is 0 Å². The van der Waals surface area contributed by atoms with E-state index in [0.29, 0.717) is 16.3 Å². The van der Waals surface area contributed by atoms with Gasteiger partial charge in [-0.3, -0.25) is 14.0 Å². The molecule has 0 saturated carbocycles. The van der Waals surface area contributed by atoms with Crippen molar-refractivity contribution in [3.05, 3.63) is 76.4 Å². The van der Waals surface area contributed by atoms with Crippen LogP contribution in [0.15, 0.2) is 60.1 Å². The number of hydrogen-bond acceptors (Lipinski definition) is 4. The minimum atomic E-state index is -0.211. The number of aromatic nitrogens is 2. The number of benzene rings is 2. The van der Waals surface area contributed by atoms with Gasteiger partial charge in [0.05, 0.1) is 23.4 Å². The number of rotatable bonds is 5. The van der Waals surface area contributed by atoms with Gasteiger partial charge in [-0.25, -0.2) is 4.98 Å². The molecule has 8 heteroatoms. The zero-order chi connectivity index (χ0) is 22.1. The molecule has 3 heterocycles. The number of halogens is 1. The first-order valence-electron chi connectivity index (χ1n) is 10.5. The van der Waals surface area contributed by atoms with Gasteiger partial charge in [-0.15, -0.1) is 11.3 Å². The highest BCUT2D eigenvalue weighted by atomic mass is 35.5. The van der Waals surface area contributed by atoms with Gasteiger partial charge in [0.2, 0.25) is 5.91 Å². The van der Waals surface area contributed by atoms with Crippen molar-refractivity contribution in [3.63, 3.8) is 0 Å². The largest absolute Gasteiger partial charge is 0.339 e. The summed E-state index contributed by atoms with van der Waals surface area (Å²) >= 11 is 7.65. The van der Waals surface area contributed by atoms with Crippen molar-refractivity contribution in [3.8, 4) is 11.3 Å². The summed E-state index contributed by atoms with van der Waals surface area (Å²) in [4.78, 5) is 33.1. The predicted molar refractivity (Wildman–Crippen MR) is 127 cm³/mol. The second kappa shape index (κ2) is 8.76. The van der Waals surface area contributed by atoms with E-state index in [1.807, 2.05) is 51.2 Å². The van der Waals surface area contributed by atoms with Crippen LogP contribution in [0.1, 0.15) is 28.9 Å². The summed E-state index contributed by atoms with van der Waals surface area (Å²) in [5, 5.41) is 5.30. The molecule has 162 valence electrons. The molecule has 0 aliphatic carbocycles. The highest BCUT2D eigenvalue weighted by Crippen LogP contribution is 2.26. The Kier molecular flexibility index (Phi) is 5.68. The van der Waals surface area contributed by atoms with E-state index < -0.39 is 0 Å². The van der Waals surface area contributed by atoms with E-state index in [1.165, 1.54) is 11.3 Å². The van der Waals surface area contributed by atoms with Crippen LogP contribution in [0.5, 0.6) is 0 Å². The maximum atomic E-state index is 12.9. The number of carbonyl (C=O) groups excluding carboxylic acids is 2. The molecular weight excluding hydrogens is 444 g/mol. The van der Waals surface area contributed by atoms with E-state index in [-0.39, 0.29) is 18.2 Å². The standard InChI is InChI=1S/C24H21ClN4O2S/c25-17-8-9-19(23(31)28-10-4-5-11-28)20(12-17)26-22(30)13-18-15-32-24-27-21(14-29(18)24)16-6-2-1-3-7-16/h1-3,6-9,12,14-15H,4-5,10-11,13H2,(H,26,30). The average molecular weight is 465 g/mol. The van der Waals surface area contributed by atoms with Crippen LogP contribution in [0.4, 0.5) is 5.69 Å². The Morgan fingerprint density at radius 2 is 1.88 bits per heavy atom. The molecule has 0 unspecified atom stereocenters. The minimum absolute atomic E-state index is 0.0745. The fourth-order valence-electron chi connectivity index (χ4n) is 3.96. The smallest absolute Gasteiger partial charge is 0.255 e. The molecule has 0 radical (unpaired) electrons. The first-order chi connectivity index (χ1) is 15.6. The summed E-state index contributed by atoms with van der Waals surface area (Å²) in [7, 11) is 0. The molecule has 1 fully saturated rings. The molecule has 5 rings (SSSR count). The van der Waals surface area contributed by atoms with Gasteiger partial charge >= 0.3 is 0 Å². The van der Waals surface area contributed by atoms with Crippen LogP contribution in [0.25, 0.3) is 16.2 Å². The Labute approximate surface area is 194 Å². The lowest BCUT2D eigenvalue weighted by atomic mass is 10.1.